The Labute approximate surface area is 153 Å². The van der Waals surface area contributed by atoms with Crippen LogP contribution in [0.5, 0.6) is 0 Å². The number of hydrogen-bond donors (Lipinski definition) is 0. The first kappa shape index (κ1) is 16.1. The van der Waals surface area contributed by atoms with Gasteiger partial charge < -0.3 is 0 Å². The molecule has 2 heteroatoms. The van der Waals surface area contributed by atoms with Crippen LogP contribution < -0.4 is 5.56 Å². The highest BCUT2D eigenvalue weighted by Gasteiger charge is 2.11. The summed E-state index contributed by atoms with van der Waals surface area (Å²) in [5, 5.41) is 0. The van der Waals surface area contributed by atoms with Crippen LogP contribution in [0, 0.1) is 6.92 Å². The van der Waals surface area contributed by atoms with Gasteiger partial charge in [-0.1, -0.05) is 78.4 Å². The molecular formula is C24H19NO. The second-order valence-electron chi connectivity index (χ2n) is 6.37. The van der Waals surface area contributed by atoms with E-state index in [1.807, 2.05) is 91.9 Å². The SMILES string of the molecule is Cc1ccc(-n2c(-c3ccccc3)cc(-c3ccccc3)cc2=O)cc1. The molecule has 0 amide bonds. The van der Waals surface area contributed by atoms with Crippen molar-refractivity contribution in [1.82, 2.24) is 4.57 Å². The minimum atomic E-state index is -0.0333. The number of nitrogens with zero attached hydrogens (tertiary/aromatic N) is 1. The van der Waals surface area contributed by atoms with Gasteiger partial charge in [0.2, 0.25) is 0 Å². The summed E-state index contributed by atoms with van der Waals surface area (Å²) in [6, 6.07) is 31.9. The van der Waals surface area contributed by atoms with Crippen LogP contribution in [0.15, 0.2) is 102 Å². The van der Waals surface area contributed by atoms with E-state index in [-0.39, 0.29) is 5.56 Å². The first-order valence-electron chi connectivity index (χ1n) is 8.67. The Morgan fingerprint density at radius 1 is 0.615 bits per heavy atom. The molecule has 0 spiro atoms. The summed E-state index contributed by atoms with van der Waals surface area (Å²) in [5.74, 6) is 0. The van der Waals surface area contributed by atoms with E-state index in [1.165, 1.54) is 5.56 Å². The lowest BCUT2D eigenvalue weighted by Crippen LogP contribution is -2.19. The van der Waals surface area contributed by atoms with Crippen molar-refractivity contribution in [1.29, 1.82) is 0 Å². The van der Waals surface area contributed by atoms with Crippen LogP contribution in [-0.2, 0) is 0 Å². The number of rotatable bonds is 3. The number of aromatic nitrogens is 1. The Hall–Kier alpha value is -3.39. The molecule has 26 heavy (non-hydrogen) atoms. The summed E-state index contributed by atoms with van der Waals surface area (Å²) >= 11 is 0. The Morgan fingerprint density at radius 3 is 1.81 bits per heavy atom. The molecule has 0 atom stereocenters. The molecule has 0 aliphatic carbocycles. The zero-order valence-electron chi connectivity index (χ0n) is 14.6. The van der Waals surface area contributed by atoms with Gasteiger partial charge in [0, 0.05) is 11.8 Å². The molecule has 4 aromatic rings. The molecule has 0 N–H and O–H groups in total. The molecular weight excluding hydrogens is 318 g/mol. The van der Waals surface area contributed by atoms with Gasteiger partial charge >= 0.3 is 0 Å². The van der Waals surface area contributed by atoms with Gasteiger partial charge in [-0.25, -0.2) is 0 Å². The average molecular weight is 337 g/mol. The summed E-state index contributed by atoms with van der Waals surface area (Å²) in [6.07, 6.45) is 0. The van der Waals surface area contributed by atoms with Gasteiger partial charge in [-0.15, -0.1) is 0 Å². The zero-order valence-corrected chi connectivity index (χ0v) is 14.6. The van der Waals surface area contributed by atoms with Gasteiger partial charge in [-0.05, 0) is 41.8 Å². The largest absolute Gasteiger partial charge is 0.277 e. The third-order valence-corrected chi connectivity index (χ3v) is 4.50. The molecule has 3 aromatic carbocycles. The maximum Gasteiger partial charge on any atom is 0.256 e. The Balaban J connectivity index is 1.99. The fraction of sp³-hybridized carbons (Fsp3) is 0.0417. The van der Waals surface area contributed by atoms with Gasteiger partial charge in [-0.2, -0.15) is 0 Å². The average Bonchev–Trinajstić information content (AvgIpc) is 2.70. The molecule has 0 bridgehead atoms. The molecule has 2 nitrogen and oxygen atoms in total. The van der Waals surface area contributed by atoms with Crippen molar-refractivity contribution in [3.63, 3.8) is 0 Å². The lowest BCUT2D eigenvalue weighted by molar-refractivity contribution is 1.000. The van der Waals surface area contributed by atoms with Gasteiger partial charge in [0.1, 0.15) is 0 Å². The fourth-order valence-electron chi connectivity index (χ4n) is 3.15. The summed E-state index contributed by atoms with van der Waals surface area (Å²) in [4.78, 5) is 13.1. The van der Waals surface area contributed by atoms with E-state index in [2.05, 4.69) is 6.07 Å². The van der Waals surface area contributed by atoms with Crippen LogP contribution >= 0.6 is 0 Å². The van der Waals surface area contributed by atoms with E-state index in [9.17, 15) is 4.79 Å². The van der Waals surface area contributed by atoms with E-state index in [4.69, 9.17) is 0 Å². The molecule has 0 aliphatic rings. The van der Waals surface area contributed by atoms with Crippen LogP contribution in [0.3, 0.4) is 0 Å². The third-order valence-electron chi connectivity index (χ3n) is 4.50. The predicted octanol–water partition coefficient (Wildman–Crippen LogP) is 5.48. The van der Waals surface area contributed by atoms with Gasteiger partial charge in [0.15, 0.2) is 0 Å². The highest BCUT2D eigenvalue weighted by molar-refractivity contribution is 5.72. The van der Waals surface area contributed by atoms with E-state index in [1.54, 1.807) is 10.6 Å². The van der Waals surface area contributed by atoms with Crippen molar-refractivity contribution in [2.75, 3.05) is 0 Å². The van der Waals surface area contributed by atoms with E-state index in [0.717, 1.165) is 28.1 Å². The van der Waals surface area contributed by atoms with E-state index in [0.29, 0.717) is 0 Å². The third kappa shape index (κ3) is 3.09. The summed E-state index contributed by atoms with van der Waals surface area (Å²) in [5.41, 5.74) is 5.89. The van der Waals surface area contributed by atoms with Crippen LogP contribution in [0.4, 0.5) is 0 Å². The number of pyridine rings is 1. The van der Waals surface area contributed by atoms with E-state index >= 15 is 0 Å². The van der Waals surface area contributed by atoms with Gasteiger partial charge in [-0.3, -0.25) is 9.36 Å². The van der Waals surface area contributed by atoms with Gasteiger partial charge in [0.05, 0.1) is 5.69 Å². The molecule has 0 unspecified atom stereocenters. The second-order valence-corrected chi connectivity index (χ2v) is 6.37. The first-order valence-corrected chi connectivity index (χ1v) is 8.67. The van der Waals surface area contributed by atoms with Crippen molar-refractivity contribution in [3.05, 3.63) is 113 Å². The number of hydrogen-bond acceptors (Lipinski definition) is 1. The Morgan fingerprint density at radius 2 is 1.19 bits per heavy atom. The van der Waals surface area contributed by atoms with Crippen molar-refractivity contribution >= 4 is 0 Å². The number of benzene rings is 3. The normalized spacial score (nSPS) is 10.7. The van der Waals surface area contributed by atoms with Crippen molar-refractivity contribution in [2.45, 2.75) is 6.92 Å². The summed E-state index contributed by atoms with van der Waals surface area (Å²) in [6.45, 7) is 2.04. The minimum Gasteiger partial charge on any atom is -0.277 e. The Kier molecular flexibility index (Phi) is 4.24. The molecule has 1 aromatic heterocycles. The molecule has 4 rings (SSSR count). The van der Waals surface area contributed by atoms with Crippen LogP contribution in [0.25, 0.3) is 28.1 Å². The van der Waals surface area contributed by atoms with Crippen molar-refractivity contribution in [2.24, 2.45) is 0 Å². The number of aryl methyl sites for hydroxylation is 1. The molecule has 126 valence electrons. The predicted molar refractivity (Wildman–Crippen MR) is 108 cm³/mol. The lowest BCUT2D eigenvalue weighted by Gasteiger charge is -2.15. The topological polar surface area (TPSA) is 22.0 Å². The summed E-state index contributed by atoms with van der Waals surface area (Å²) in [7, 11) is 0. The highest BCUT2D eigenvalue weighted by atomic mass is 16.1. The Bertz CT molecular complexity index is 1080. The van der Waals surface area contributed by atoms with Crippen molar-refractivity contribution in [3.8, 4) is 28.1 Å². The maximum absolute atomic E-state index is 13.1. The smallest absolute Gasteiger partial charge is 0.256 e. The second kappa shape index (κ2) is 6.85. The molecule has 1 heterocycles. The fourth-order valence-corrected chi connectivity index (χ4v) is 3.15. The molecule has 0 aliphatic heterocycles. The molecule has 0 fully saturated rings. The molecule has 0 radical (unpaired) electrons. The minimum absolute atomic E-state index is 0.0333. The first-order chi connectivity index (χ1) is 12.7. The van der Waals surface area contributed by atoms with Crippen LogP contribution in [-0.4, -0.2) is 4.57 Å². The van der Waals surface area contributed by atoms with E-state index < -0.39 is 0 Å². The zero-order chi connectivity index (χ0) is 17.9. The molecule has 0 saturated carbocycles. The standard InChI is InChI=1S/C24H19NO/c1-18-12-14-22(15-13-18)25-23(20-10-6-3-7-11-20)16-21(17-24(25)26)19-8-4-2-5-9-19/h2-17H,1H3. The summed E-state index contributed by atoms with van der Waals surface area (Å²) < 4.78 is 1.78. The van der Waals surface area contributed by atoms with Gasteiger partial charge in [0.25, 0.3) is 5.56 Å². The lowest BCUT2D eigenvalue weighted by atomic mass is 10.0. The highest BCUT2D eigenvalue weighted by Crippen LogP contribution is 2.27. The van der Waals surface area contributed by atoms with Crippen LogP contribution in [0.1, 0.15) is 5.56 Å². The molecule has 0 saturated heterocycles. The van der Waals surface area contributed by atoms with Crippen LogP contribution in [0.2, 0.25) is 0 Å². The quantitative estimate of drug-likeness (QED) is 0.485. The monoisotopic (exact) mass is 337 g/mol. The maximum atomic E-state index is 13.1. The van der Waals surface area contributed by atoms with Crippen molar-refractivity contribution < 1.29 is 0 Å².